The van der Waals surface area contributed by atoms with Gasteiger partial charge in [0.15, 0.2) is 0 Å². The van der Waals surface area contributed by atoms with Crippen molar-refractivity contribution in [1.29, 1.82) is 0 Å². The molecule has 4 heteroatoms. The lowest BCUT2D eigenvalue weighted by molar-refractivity contribution is -0.0215. The van der Waals surface area contributed by atoms with Crippen LogP contribution in [0.1, 0.15) is 23.2 Å². The standard InChI is InChI=1S/C16H20N2OS/c1-13-10-18(7-8-19-13)11-15-12-20-16(17-15)9-14-5-3-2-4-6-14/h2-6,12-13H,7-11H2,1H3. The third kappa shape index (κ3) is 3.66. The molecular weight excluding hydrogens is 268 g/mol. The van der Waals surface area contributed by atoms with Crippen LogP contribution in [-0.4, -0.2) is 35.7 Å². The van der Waals surface area contributed by atoms with Crippen molar-refractivity contribution in [3.63, 3.8) is 0 Å². The number of ether oxygens (including phenoxy) is 1. The van der Waals surface area contributed by atoms with E-state index in [1.807, 2.05) is 0 Å². The smallest absolute Gasteiger partial charge is 0.0972 e. The molecule has 3 nitrogen and oxygen atoms in total. The van der Waals surface area contributed by atoms with Gasteiger partial charge in [0.2, 0.25) is 0 Å². The van der Waals surface area contributed by atoms with Gasteiger partial charge < -0.3 is 4.74 Å². The second kappa shape index (κ2) is 6.48. The first-order chi connectivity index (χ1) is 9.79. The first kappa shape index (κ1) is 13.7. The van der Waals surface area contributed by atoms with Gasteiger partial charge in [-0.3, -0.25) is 4.90 Å². The Kier molecular flexibility index (Phi) is 4.45. The molecule has 0 bridgehead atoms. The fourth-order valence-corrected chi connectivity index (χ4v) is 3.36. The number of hydrogen-bond donors (Lipinski definition) is 0. The van der Waals surface area contributed by atoms with Crippen molar-refractivity contribution in [2.75, 3.05) is 19.7 Å². The van der Waals surface area contributed by atoms with Gasteiger partial charge in [0, 0.05) is 31.4 Å². The Bertz CT molecular complexity index is 540. The molecule has 0 saturated carbocycles. The van der Waals surface area contributed by atoms with Gasteiger partial charge in [0.1, 0.15) is 0 Å². The van der Waals surface area contributed by atoms with Gasteiger partial charge >= 0.3 is 0 Å². The van der Waals surface area contributed by atoms with Crippen LogP contribution in [-0.2, 0) is 17.7 Å². The summed E-state index contributed by atoms with van der Waals surface area (Å²) in [4.78, 5) is 7.19. The quantitative estimate of drug-likeness (QED) is 0.865. The van der Waals surface area contributed by atoms with Crippen molar-refractivity contribution in [3.05, 3.63) is 52.0 Å². The zero-order chi connectivity index (χ0) is 13.8. The summed E-state index contributed by atoms with van der Waals surface area (Å²) in [7, 11) is 0. The van der Waals surface area contributed by atoms with Crippen LogP contribution >= 0.6 is 11.3 Å². The lowest BCUT2D eigenvalue weighted by atomic mass is 10.2. The van der Waals surface area contributed by atoms with Crippen molar-refractivity contribution in [3.8, 4) is 0 Å². The third-order valence-corrected chi connectivity index (χ3v) is 4.41. The average Bonchev–Trinajstić information content (AvgIpc) is 2.87. The normalized spacial score (nSPS) is 20.1. The molecule has 0 spiro atoms. The molecular formula is C16H20N2OS. The van der Waals surface area contributed by atoms with E-state index in [1.165, 1.54) is 16.3 Å². The lowest BCUT2D eigenvalue weighted by Gasteiger charge is -2.30. The molecule has 0 radical (unpaired) electrons. The molecule has 1 saturated heterocycles. The summed E-state index contributed by atoms with van der Waals surface area (Å²) in [6, 6.07) is 10.5. The maximum Gasteiger partial charge on any atom is 0.0972 e. The molecule has 1 aromatic heterocycles. The molecule has 20 heavy (non-hydrogen) atoms. The molecule has 1 aliphatic rings. The molecule has 106 valence electrons. The minimum Gasteiger partial charge on any atom is -0.376 e. The van der Waals surface area contributed by atoms with Gasteiger partial charge in [-0.2, -0.15) is 0 Å². The summed E-state index contributed by atoms with van der Waals surface area (Å²) in [5, 5.41) is 3.39. The van der Waals surface area contributed by atoms with Crippen LogP contribution in [0.25, 0.3) is 0 Å². The largest absolute Gasteiger partial charge is 0.376 e. The maximum absolute atomic E-state index is 5.57. The number of rotatable bonds is 4. The molecule has 3 rings (SSSR count). The Morgan fingerprint density at radius 2 is 2.20 bits per heavy atom. The van der Waals surface area contributed by atoms with Crippen LogP contribution in [0.3, 0.4) is 0 Å². The zero-order valence-electron chi connectivity index (χ0n) is 11.8. The maximum atomic E-state index is 5.57. The number of nitrogens with zero attached hydrogens (tertiary/aromatic N) is 2. The highest BCUT2D eigenvalue weighted by atomic mass is 32.1. The SMILES string of the molecule is CC1CN(Cc2csc(Cc3ccccc3)n2)CCO1. The number of thiazole rings is 1. The van der Waals surface area contributed by atoms with Crippen molar-refractivity contribution in [2.45, 2.75) is 26.0 Å². The predicted octanol–water partition coefficient (Wildman–Crippen LogP) is 2.95. The van der Waals surface area contributed by atoms with Crippen LogP contribution in [0.2, 0.25) is 0 Å². The molecule has 1 aromatic carbocycles. The predicted molar refractivity (Wildman–Crippen MR) is 82.1 cm³/mol. The van der Waals surface area contributed by atoms with Crippen LogP contribution in [0.4, 0.5) is 0 Å². The summed E-state index contributed by atoms with van der Waals surface area (Å²) >= 11 is 1.76. The van der Waals surface area contributed by atoms with E-state index in [0.29, 0.717) is 6.10 Å². The minimum atomic E-state index is 0.339. The van der Waals surface area contributed by atoms with Crippen molar-refractivity contribution >= 4 is 11.3 Å². The highest BCUT2D eigenvalue weighted by molar-refractivity contribution is 7.09. The van der Waals surface area contributed by atoms with E-state index in [1.54, 1.807) is 11.3 Å². The van der Waals surface area contributed by atoms with Crippen LogP contribution in [0, 0.1) is 0 Å². The molecule has 0 N–H and O–H groups in total. The summed E-state index contributed by atoms with van der Waals surface area (Å²) in [5.74, 6) is 0. The van der Waals surface area contributed by atoms with Crippen molar-refractivity contribution in [1.82, 2.24) is 9.88 Å². The summed E-state index contributed by atoms with van der Waals surface area (Å²) in [6.07, 6.45) is 1.27. The summed E-state index contributed by atoms with van der Waals surface area (Å²) in [6.45, 7) is 5.93. The van der Waals surface area contributed by atoms with Crippen LogP contribution < -0.4 is 0 Å². The van der Waals surface area contributed by atoms with E-state index in [0.717, 1.165) is 32.7 Å². The molecule has 2 aromatic rings. The van der Waals surface area contributed by atoms with E-state index in [4.69, 9.17) is 9.72 Å². The highest BCUT2D eigenvalue weighted by Crippen LogP contribution is 2.17. The van der Waals surface area contributed by atoms with Gasteiger partial charge in [-0.1, -0.05) is 30.3 Å². The molecule has 0 amide bonds. The highest BCUT2D eigenvalue weighted by Gasteiger charge is 2.17. The van der Waals surface area contributed by atoms with Crippen molar-refractivity contribution < 1.29 is 4.74 Å². The summed E-state index contributed by atoms with van der Waals surface area (Å²) < 4.78 is 5.57. The Labute approximate surface area is 124 Å². The number of benzene rings is 1. The Balaban J connectivity index is 1.59. The van der Waals surface area contributed by atoms with E-state index >= 15 is 0 Å². The lowest BCUT2D eigenvalue weighted by Crippen LogP contribution is -2.40. The molecule has 1 aliphatic heterocycles. The number of hydrogen-bond acceptors (Lipinski definition) is 4. The first-order valence-electron chi connectivity index (χ1n) is 7.11. The van der Waals surface area contributed by atoms with Gasteiger partial charge in [0.25, 0.3) is 0 Å². The van der Waals surface area contributed by atoms with E-state index < -0.39 is 0 Å². The summed E-state index contributed by atoms with van der Waals surface area (Å²) in [5.41, 5.74) is 2.52. The number of morpholine rings is 1. The topological polar surface area (TPSA) is 25.4 Å². The van der Waals surface area contributed by atoms with Gasteiger partial charge in [-0.15, -0.1) is 11.3 Å². The fraction of sp³-hybridized carbons (Fsp3) is 0.438. The molecule has 1 atom stereocenters. The van der Waals surface area contributed by atoms with E-state index in [9.17, 15) is 0 Å². The fourth-order valence-electron chi connectivity index (χ4n) is 2.54. The van der Waals surface area contributed by atoms with Crippen molar-refractivity contribution in [2.24, 2.45) is 0 Å². The monoisotopic (exact) mass is 288 g/mol. The van der Waals surface area contributed by atoms with Crippen LogP contribution in [0.5, 0.6) is 0 Å². The number of aromatic nitrogens is 1. The molecule has 1 unspecified atom stereocenters. The van der Waals surface area contributed by atoms with Crippen LogP contribution in [0.15, 0.2) is 35.7 Å². The second-order valence-electron chi connectivity index (χ2n) is 5.31. The zero-order valence-corrected chi connectivity index (χ0v) is 12.6. The second-order valence-corrected chi connectivity index (χ2v) is 6.25. The first-order valence-corrected chi connectivity index (χ1v) is 7.99. The van der Waals surface area contributed by atoms with Gasteiger partial charge in [-0.25, -0.2) is 4.98 Å². The Morgan fingerprint density at radius 1 is 1.35 bits per heavy atom. The molecule has 2 heterocycles. The van der Waals surface area contributed by atoms with E-state index in [2.05, 4.69) is 47.5 Å². The van der Waals surface area contributed by atoms with Gasteiger partial charge in [0.05, 0.1) is 23.4 Å². The average molecular weight is 288 g/mol. The Hall–Kier alpha value is -1.23. The Morgan fingerprint density at radius 3 is 3.00 bits per heavy atom. The minimum absolute atomic E-state index is 0.339. The third-order valence-electron chi connectivity index (χ3n) is 3.51. The molecule has 0 aliphatic carbocycles. The van der Waals surface area contributed by atoms with Gasteiger partial charge in [-0.05, 0) is 12.5 Å². The molecule has 1 fully saturated rings. The van der Waals surface area contributed by atoms with E-state index in [-0.39, 0.29) is 0 Å².